The van der Waals surface area contributed by atoms with Crippen LogP contribution in [0.1, 0.15) is 46.5 Å². The van der Waals surface area contributed by atoms with Crippen LogP contribution in [0.4, 0.5) is 0 Å². The predicted octanol–water partition coefficient (Wildman–Crippen LogP) is 3.17. The van der Waals surface area contributed by atoms with Crippen LogP contribution in [0, 0.1) is 11.8 Å². The van der Waals surface area contributed by atoms with Gasteiger partial charge >= 0.3 is 0 Å². The number of likely N-dealkylation sites (N-methyl/N-ethyl adjacent to an activating group) is 1. The Morgan fingerprint density at radius 2 is 1.88 bits per heavy atom. The van der Waals surface area contributed by atoms with E-state index in [1.807, 2.05) is 13.8 Å². The smallest absolute Gasteiger partial charge is 0.0702 e. The van der Waals surface area contributed by atoms with Gasteiger partial charge in [0.05, 0.1) is 6.10 Å². The minimum Gasteiger partial charge on any atom is -0.377 e. The molecule has 0 bridgehead atoms. The van der Waals surface area contributed by atoms with E-state index in [0.29, 0.717) is 6.10 Å². The molecular weight excluding hydrogens is 198 g/mol. The highest BCUT2D eigenvalue weighted by Gasteiger charge is 2.27. The zero-order valence-corrected chi connectivity index (χ0v) is 11.5. The molecule has 96 valence electrons. The van der Waals surface area contributed by atoms with Crippen molar-refractivity contribution >= 4 is 0 Å². The minimum absolute atomic E-state index is 0.525. The molecule has 0 spiro atoms. The fourth-order valence-electron chi connectivity index (χ4n) is 2.87. The molecule has 1 aliphatic carbocycles. The van der Waals surface area contributed by atoms with Crippen molar-refractivity contribution in [3.8, 4) is 0 Å². The van der Waals surface area contributed by atoms with Gasteiger partial charge in [-0.1, -0.05) is 20.8 Å². The normalized spacial score (nSPS) is 33.2. The maximum atomic E-state index is 5.64. The van der Waals surface area contributed by atoms with E-state index in [2.05, 4.69) is 18.9 Å². The third-order valence-corrected chi connectivity index (χ3v) is 3.58. The molecule has 1 saturated heterocycles. The van der Waals surface area contributed by atoms with E-state index >= 15 is 0 Å². The van der Waals surface area contributed by atoms with E-state index in [9.17, 15) is 0 Å². The van der Waals surface area contributed by atoms with Gasteiger partial charge in [-0.25, -0.2) is 0 Å². The second-order valence-electron chi connectivity index (χ2n) is 5.30. The molecule has 2 fully saturated rings. The molecule has 1 unspecified atom stereocenters. The van der Waals surface area contributed by atoms with Gasteiger partial charge in [0.15, 0.2) is 0 Å². The van der Waals surface area contributed by atoms with Gasteiger partial charge in [-0.3, -0.25) is 0 Å². The molecule has 0 N–H and O–H groups in total. The van der Waals surface area contributed by atoms with Gasteiger partial charge in [0.1, 0.15) is 0 Å². The molecule has 2 nitrogen and oxygen atoms in total. The van der Waals surface area contributed by atoms with E-state index in [0.717, 1.165) is 25.0 Å². The first kappa shape index (κ1) is 14.0. The van der Waals surface area contributed by atoms with Gasteiger partial charge in [-0.05, 0) is 44.6 Å². The fraction of sp³-hybridized carbons (Fsp3) is 1.00. The van der Waals surface area contributed by atoms with Crippen molar-refractivity contribution in [2.24, 2.45) is 11.8 Å². The Hall–Kier alpha value is -0.0800. The van der Waals surface area contributed by atoms with Crippen LogP contribution < -0.4 is 0 Å². The van der Waals surface area contributed by atoms with Crippen molar-refractivity contribution < 1.29 is 4.74 Å². The summed E-state index contributed by atoms with van der Waals surface area (Å²) in [6, 6.07) is 0. The summed E-state index contributed by atoms with van der Waals surface area (Å²) >= 11 is 0. The van der Waals surface area contributed by atoms with Crippen LogP contribution >= 0.6 is 0 Å². The lowest BCUT2D eigenvalue weighted by Crippen LogP contribution is -2.37. The average Bonchev–Trinajstić information content (AvgIpc) is 2.71. The predicted molar refractivity (Wildman–Crippen MR) is 69.7 cm³/mol. The first-order valence-corrected chi connectivity index (χ1v) is 7.04. The van der Waals surface area contributed by atoms with Crippen LogP contribution in [0.15, 0.2) is 0 Å². The Morgan fingerprint density at radius 3 is 2.38 bits per heavy atom. The molecule has 0 aromatic rings. The van der Waals surface area contributed by atoms with Gasteiger partial charge < -0.3 is 9.64 Å². The van der Waals surface area contributed by atoms with Crippen molar-refractivity contribution in [2.45, 2.75) is 52.6 Å². The molecule has 2 heteroatoms. The number of hydrogen-bond donors (Lipinski definition) is 0. The van der Waals surface area contributed by atoms with E-state index in [1.165, 1.54) is 32.2 Å². The van der Waals surface area contributed by atoms with Crippen LogP contribution in [0.25, 0.3) is 0 Å². The van der Waals surface area contributed by atoms with Crippen molar-refractivity contribution in [3.05, 3.63) is 0 Å². The second-order valence-corrected chi connectivity index (χ2v) is 5.30. The highest BCUT2D eigenvalue weighted by Crippen LogP contribution is 2.33. The zero-order valence-electron chi connectivity index (χ0n) is 11.5. The Morgan fingerprint density at radius 1 is 1.19 bits per heavy atom. The van der Waals surface area contributed by atoms with Gasteiger partial charge in [-0.2, -0.15) is 0 Å². The van der Waals surface area contributed by atoms with E-state index in [4.69, 9.17) is 4.74 Å². The molecule has 0 aromatic heterocycles. The lowest BCUT2D eigenvalue weighted by molar-refractivity contribution is 0.0650. The molecular formula is C14H29NO. The molecule has 0 amide bonds. The van der Waals surface area contributed by atoms with Crippen molar-refractivity contribution in [1.82, 2.24) is 4.90 Å². The van der Waals surface area contributed by atoms with E-state index < -0.39 is 0 Å². The first-order valence-electron chi connectivity index (χ1n) is 7.04. The van der Waals surface area contributed by atoms with Crippen molar-refractivity contribution in [1.29, 1.82) is 0 Å². The Balaban J connectivity index is 0.000000606. The quantitative estimate of drug-likeness (QED) is 0.731. The molecule has 16 heavy (non-hydrogen) atoms. The summed E-state index contributed by atoms with van der Waals surface area (Å²) in [5.74, 6) is 1.95. The van der Waals surface area contributed by atoms with Gasteiger partial charge in [-0.15, -0.1) is 0 Å². The molecule has 1 heterocycles. The summed E-state index contributed by atoms with van der Waals surface area (Å²) in [4.78, 5) is 2.46. The summed E-state index contributed by atoms with van der Waals surface area (Å²) in [6.45, 7) is 9.77. The minimum atomic E-state index is 0.525. The Bertz CT molecular complexity index is 172. The Labute approximate surface area is 101 Å². The number of rotatable bonds is 4. The summed E-state index contributed by atoms with van der Waals surface area (Å²) in [5, 5.41) is 0. The lowest BCUT2D eigenvalue weighted by atomic mass is 9.76. The average molecular weight is 227 g/mol. The zero-order chi connectivity index (χ0) is 12.0. The number of hydrogen-bond acceptors (Lipinski definition) is 2. The van der Waals surface area contributed by atoms with Crippen molar-refractivity contribution in [3.63, 3.8) is 0 Å². The van der Waals surface area contributed by atoms with E-state index in [-0.39, 0.29) is 0 Å². The molecule has 1 atom stereocenters. The van der Waals surface area contributed by atoms with Crippen LogP contribution in [-0.4, -0.2) is 37.7 Å². The van der Waals surface area contributed by atoms with Gasteiger partial charge in [0.2, 0.25) is 0 Å². The summed E-state index contributed by atoms with van der Waals surface area (Å²) < 4.78 is 5.64. The first-order chi connectivity index (χ1) is 7.74. The number of ether oxygens (including phenoxy) is 1. The molecule has 1 saturated carbocycles. The maximum Gasteiger partial charge on any atom is 0.0702 e. The lowest BCUT2D eigenvalue weighted by Gasteiger charge is -2.36. The highest BCUT2D eigenvalue weighted by atomic mass is 16.5. The van der Waals surface area contributed by atoms with E-state index in [1.54, 1.807) is 0 Å². The highest BCUT2D eigenvalue weighted by molar-refractivity contribution is 4.79. The monoisotopic (exact) mass is 227 g/mol. The van der Waals surface area contributed by atoms with Crippen molar-refractivity contribution in [2.75, 3.05) is 26.7 Å². The maximum absolute atomic E-state index is 5.64. The van der Waals surface area contributed by atoms with Gasteiger partial charge in [0, 0.05) is 19.7 Å². The van der Waals surface area contributed by atoms with Gasteiger partial charge in [0.25, 0.3) is 0 Å². The Kier molecular flexibility index (Phi) is 6.37. The summed E-state index contributed by atoms with van der Waals surface area (Å²) in [6.07, 6.45) is 5.94. The van der Waals surface area contributed by atoms with Crippen LogP contribution in [0.3, 0.4) is 0 Å². The number of nitrogens with zero attached hydrogens (tertiary/aromatic N) is 1. The third-order valence-electron chi connectivity index (χ3n) is 3.58. The SMILES string of the molecule is CC.CC1CC(CN(C)CC2CCCO2)C1. The van der Waals surface area contributed by atoms with Crippen LogP contribution in [-0.2, 0) is 4.74 Å². The van der Waals surface area contributed by atoms with Crippen LogP contribution in [0.5, 0.6) is 0 Å². The molecule has 0 radical (unpaired) electrons. The van der Waals surface area contributed by atoms with Crippen LogP contribution in [0.2, 0.25) is 0 Å². The largest absolute Gasteiger partial charge is 0.377 e. The molecule has 2 aliphatic rings. The topological polar surface area (TPSA) is 12.5 Å². The molecule has 0 aromatic carbocycles. The summed E-state index contributed by atoms with van der Waals surface area (Å²) in [5.41, 5.74) is 0. The summed E-state index contributed by atoms with van der Waals surface area (Å²) in [7, 11) is 2.24. The third kappa shape index (κ3) is 4.42. The fourth-order valence-corrected chi connectivity index (χ4v) is 2.87. The second kappa shape index (κ2) is 7.29. The molecule has 1 aliphatic heterocycles. The standard InChI is InChI=1S/C12H23NO.C2H6/c1-10-6-11(7-10)8-13(2)9-12-4-3-5-14-12;1-2/h10-12H,3-9H2,1-2H3;1-2H3. The molecule has 2 rings (SSSR count).